The molecule has 1 aromatic rings. The maximum absolute atomic E-state index is 10.2. The van der Waals surface area contributed by atoms with Gasteiger partial charge in [0.1, 0.15) is 0 Å². The Bertz CT molecular complexity index is 380. The molecule has 8 heteroatoms. The first kappa shape index (κ1) is 12.7. The van der Waals surface area contributed by atoms with Crippen LogP contribution >= 0.6 is 0 Å². The molecule has 7 nitrogen and oxygen atoms in total. The van der Waals surface area contributed by atoms with Crippen LogP contribution in [0.2, 0.25) is 0 Å². The van der Waals surface area contributed by atoms with Crippen LogP contribution in [0.5, 0.6) is 5.75 Å². The van der Waals surface area contributed by atoms with Crippen LogP contribution in [0.1, 0.15) is 0 Å². The van der Waals surface area contributed by atoms with Crippen molar-refractivity contribution < 1.29 is 15.0 Å². The molecule has 0 saturated heterocycles. The van der Waals surface area contributed by atoms with Gasteiger partial charge in [-0.3, -0.25) is 20.2 Å². The molecule has 0 unspecified atom stereocenters. The summed E-state index contributed by atoms with van der Waals surface area (Å²) in [5.74, 6) is -0.587. The van der Waals surface area contributed by atoms with Crippen molar-refractivity contribution in [1.82, 2.24) is 0 Å². The second kappa shape index (κ2) is 4.83. The number of nitro groups is 2. The molecule has 0 bridgehead atoms. The summed E-state index contributed by atoms with van der Waals surface area (Å²) in [4.78, 5) is 18.7. The topological polar surface area (TPSA) is 107 Å². The van der Waals surface area contributed by atoms with Gasteiger partial charge in [0.15, 0.2) is 5.75 Å². The molecular formula is C6H6N2O5Pb. The number of benzene rings is 1. The van der Waals surface area contributed by atoms with Crippen LogP contribution in [-0.4, -0.2) is 42.3 Å². The van der Waals surface area contributed by atoms with Gasteiger partial charge < -0.3 is 5.11 Å². The number of phenols is 1. The fourth-order valence-corrected chi connectivity index (χ4v) is 0.772. The van der Waals surface area contributed by atoms with E-state index in [2.05, 4.69) is 0 Å². The van der Waals surface area contributed by atoms with E-state index < -0.39 is 27.0 Å². The van der Waals surface area contributed by atoms with Crippen molar-refractivity contribution in [3.05, 3.63) is 38.4 Å². The SMILES string of the molecule is O=[N+]([O-])c1ccc(O)c([N+](=O)[O-])c1.[PbH2]. The zero-order valence-corrected chi connectivity index (χ0v) is 12.4. The van der Waals surface area contributed by atoms with Crippen LogP contribution < -0.4 is 0 Å². The minimum atomic E-state index is -0.887. The molecule has 0 heterocycles. The van der Waals surface area contributed by atoms with Gasteiger partial charge >= 0.3 is 33.0 Å². The zero-order chi connectivity index (χ0) is 10.0. The number of aromatic hydroxyl groups is 1. The number of hydrogen-bond acceptors (Lipinski definition) is 5. The molecule has 0 atom stereocenters. The predicted molar refractivity (Wildman–Crippen MR) is 50.0 cm³/mol. The Labute approximate surface area is 97.8 Å². The standard InChI is InChI=1S/C6H4N2O5.Pb.2H/c9-6-2-1-4(7(10)11)3-5(6)8(12)13;;;/h1-3,9H;;;. The molecule has 14 heavy (non-hydrogen) atoms. The fraction of sp³-hybridized carbons (Fsp3) is 0. The summed E-state index contributed by atoms with van der Waals surface area (Å²) in [5.41, 5.74) is -1.10. The number of non-ortho nitro benzene ring substituents is 1. The van der Waals surface area contributed by atoms with Gasteiger partial charge in [0, 0.05) is 6.07 Å². The van der Waals surface area contributed by atoms with Crippen LogP contribution in [0.25, 0.3) is 0 Å². The number of nitro benzene ring substituents is 2. The molecule has 0 aromatic heterocycles. The zero-order valence-electron chi connectivity index (χ0n) is 6.91. The third-order valence-corrected chi connectivity index (χ3v) is 1.37. The predicted octanol–water partition coefficient (Wildman–Crippen LogP) is 0.292. The van der Waals surface area contributed by atoms with Gasteiger partial charge in [-0.15, -0.1) is 0 Å². The first-order valence-corrected chi connectivity index (χ1v) is 3.14. The van der Waals surface area contributed by atoms with Gasteiger partial charge in [0.2, 0.25) is 0 Å². The normalized spacial score (nSPS) is 8.86. The van der Waals surface area contributed by atoms with Crippen LogP contribution in [0.4, 0.5) is 11.4 Å². The van der Waals surface area contributed by atoms with E-state index in [9.17, 15) is 20.2 Å². The summed E-state index contributed by atoms with van der Waals surface area (Å²) in [7, 11) is 0. The van der Waals surface area contributed by atoms with Crippen molar-refractivity contribution in [2.45, 2.75) is 0 Å². The second-order valence-corrected chi connectivity index (χ2v) is 2.19. The number of rotatable bonds is 2. The monoisotopic (exact) mass is 394 g/mol. The van der Waals surface area contributed by atoms with E-state index in [0.29, 0.717) is 6.07 Å². The van der Waals surface area contributed by atoms with Gasteiger partial charge in [-0.1, -0.05) is 0 Å². The number of hydrogen-bond donors (Lipinski definition) is 1. The molecule has 1 rings (SSSR count). The van der Waals surface area contributed by atoms with Crippen molar-refractivity contribution in [1.29, 1.82) is 0 Å². The van der Waals surface area contributed by atoms with Gasteiger partial charge in [-0.05, 0) is 6.07 Å². The molecule has 0 aliphatic heterocycles. The van der Waals surface area contributed by atoms with Crippen molar-refractivity contribution in [2.75, 3.05) is 0 Å². The molecule has 0 aliphatic rings. The summed E-state index contributed by atoms with van der Waals surface area (Å²) in [6.45, 7) is 0. The Kier molecular flexibility index (Phi) is 4.40. The third-order valence-electron chi connectivity index (χ3n) is 1.37. The molecule has 1 N–H and O–H groups in total. The van der Waals surface area contributed by atoms with Crippen molar-refractivity contribution >= 4 is 38.7 Å². The fourth-order valence-electron chi connectivity index (χ4n) is 0.772. The number of phenolic OH excluding ortho intramolecular Hbond substituents is 1. The molecule has 74 valence electrons. The Hall–Kier alpha value is -1.26. The molecule has 2 radical (unpaired) electrons. The minimum absolute atomic E-state index is 0. The summed E-state index contributed by atoms with van der Waals surface area (Å²) in [5, 5.41) is 29.3. The van der Waals surface area contributed by atoms with Crippen LogP contribution in [0.3, 0.4) is 0 Å². The van der Waals surface area contributed by atoms with E-state index in [1.165, 1.54) is 0 Å². The first-order chi connectivity index (χ1) is 6.02. The molecule has 0 amide bonds. The summed E-state index contributed by atoms with van der Waals surface area (Å²) in [6, 6.07) is 2.61. The molecule has 0 spiro atoms. The van der Waals surface area contributed by atoms with E-state index in [-0.39, 0.29) is 27.3 Å². The van der Waals surface area contributed by atoms with Crippen LogP contribution in [0.15, 0.2) is 18.2 Å². The summed E-state index contributed by atoms with van der Waals surface area (Å²) in [6.07, 6.45) is 0. The Morgan fingerprint density at radius 1 is 1.14 bits per heavy atom. The molecular weight excluding hydrogens is 387 g/mol. The summed E-state index contributed by atoms with van der Waals surface area (Å²) >= 11 is 0. The van der Waals surface area contributed by atoms with E-state index in [1.54, 1.807) is 0 Å². The van der Waals surface area contributed by atoms with Gasteiger partial charge in [0.25, 0.3) is 5.69 Å². The van der Waals surface area contributed by atoms with Gasteiger partial charge in [0.05, 0.1) is 15.9 Å². The Morgan fingerprint density at radius 2 is 1.71 bits per heavy atom. The number of nitrogens with zero attached hydrogens (tertiary/aromatic N) is 2. The Morgan fingerprint density at radius 3 is 2.14 bits per heavy atom. The third kappa shape index (κ3) is 2.62. The van der Waals surface area contributed by atoms with Crippen molar-refractivity contribution in [2.24, 2.45) is 0 Å². The first-order valence-electron chi connectivity index (χ1n) is 3.14. The van der Waals surface area contributed by atoms with Gasteiger partial charge in [-0.2, -0.15) is 0 Å². The summed E-state index contributed by atoms with van der Waals surface area (Å²) < 4.78 is 0. The van der Waals surface area contributed by atoms with Crippen molar-refractivity contribution in [3.8, 4) is 5.75 Å². The molecule has 0 aliphatic carbocycles. The van der Waals surface area contributed by atoms with Crippen molar-refractivity contribution in [3.63, 3.8) is 0 Å². The van der Waals surface area contributed by atoms with E-state index in [0.717, 1.165) is 12.1 Å². The van der Waals surface area contributed by atoms with Gasteiger partial charge in [-0.25, -0.2) is 0 Å². The van der Waals surface area contributed by atoms with E-state index >= 15 is 0 Å². The average molecular weight is 393 g/mol. The second-order valence-electron chi connectivity index (χ2n) is 2.19. The molecule has 0 fully saturated rings. The van der Waals surface area contributed by atoms with Crippen LogP contribution in [0, 0.1) is 20.2 Å². The molecule has 0 saturated carbocycles. The quantitative estimate of drug-likeness (QED) is 0.442. The molecule has 1 aromatic carbocycles. The van der Waals surface area contributed by atoms with Crippen LogP contribution in [-0.2, 0) is 0 Å². The maximum atomic E-state index is 10.2. The van der Waals surface area contributed by atoms with E-state index in [1.807, 2.05) is 0 Å². The Balaban J connectivity index is 0.00000169. The van der Waals surface area contributed by atoms with E-state index in [4.69, 9.17) is 5.11 Å². The average Bonchev–Trinajstić information content (AvgIpc) is 2.04.